The molecular formula is C11H24N2O2S2. The van der Waals surface area contributed by atoms with E-state index in [0.29, 0.717) is 0 Å². The van der Waals surface area contributed by atoms with E-state index >= 15 is 0 Å². The Morgan fingerprint density at radius 1 is 1.35 bits per heavy atom. The van der Waals surface area contributed by atoms with Crippen LogP contribution >= 0.6 is 11.8 Å². The molecule has 1 fully saturated rings. The minimum atomic E-state index is -2.93. The minimum absolute atomic E-state index is 0.248. The Labute approximate surface area is 109 Å². The van der Waals surface area contributed by atoms with Crippen LogP contribution in [-0.2, 0) is 9.84 Å². The maximum Gasteiger partial charge on any atom is 0.166 e. The van der Waals surface area contributed by atoms with Gasteiger partial charge >= 0.3 is 0 Å². The first kappa shape index (κ1) is 15.3. The predicted octanol–water partition coefficient (Wildman–Crippen LogP) is 0.925. The smallest absolute Gasteiger partial charge is 0.166 e. The van der Waals surface area contributed by atoms with E-state index in [2.05, 4.69) is 4.90 Å². The second kappa shape index (κ2) is 7.61. The van der Waals surface area contributed by atoms with Crippen LogP contribution in [0.4, 0.5) is 0 Å². The number of nitrogens with two attached hydrogens (primary N) is 1. The summed E-state index contributed by atoms with van der Waals surface area (Å²) in [6, 6.07) is 0. The van der Waals surface area contributed by atoms with Crippen LogP contribution < -0.4 is 5.73 Å². The van der Waals surface area contributed by atoms with Crippen molar-refractivity contribution in [3.63, 3.8) is 0 Å². The topological polar surface area (TPSA) is 63.4 Å². The van der Waals surface area contributed by atoms with Crippen molar-refractivity contribution in [2.24, 2.45) is 5.73 Å². The fourth-order valence-corrected chi connectivity index (χ4v) is 5.14. The Balaban J connectivity index is 2.49. The molecule has 0 amide bonds. The lowest BCUT2D eigenvalue weighted by molar-refractivity contribution is 0.264. The summed E-state index contributed by atoms with van der Waals surface area (Å²) < 4.78 is 24.0. The zero-order valence-electron chi connectivity index (χ0n) is 10.6. The third-order valence-corrected chi connectivity index (χ3v) is 6.49. The molecule has 1 unspecified atom stereocenters. The molecule has 4 nitrogen and oxygen atoms in total. The van der Waals surface area contributed by atoms with Crippen molar-refractivity contribution < 1.29 is 8.42 Å². The van der Waals surface area contributed by atoms with E-state index in [1.54, 1.807) is 18.7 Å². The lowest BCUT2D eigenvalue weighted by Crippen LogP contribution is -2.48. The average Bonchev–Trinajstić information content (AvgIpc) is 2.35. The highest BCUT2D eigenvalue weighted by atomic mass is 32.2. The molecule has 0 radical (unpaired) electrons. The summed E-state index contributed by atoms with van der Waals surface area (Å²) in [6.45, 7) is 4.26. The van der Waals surface area contributed by atoms with Gasteiger partial charge in [-0.3, -0.25) is 4.90 Å². The summed E-state index contributed by atoms with van der Waals surface area (Å²) in [5, 5.41) is -0.260. The Morgan fingerprint density at radius 3 is 2.76 bits per heavy atom. The van der Waals surface area contributed by atoms with Gasteiger partial charge in [0, 0.05) is 23.8 Å². The van der Waals surface area contributed by atoms with Crippen LogP contribution in [-0.4, -0.2) is 55.6 Å². The van der Waals surface area contributed by atoms with E-state index in [1.165, 1.54) is 0 Å². The van der Waals surface area contributed by atoms with Crippen LogP contribution in [0, 0.1) is 0 Å². The zero-order valence-corrected chi connectivity index (χ0v) is 12.2. The van der Waals surface area contributed by atoms with E-state index in [1.807, 2.05) is 0 Å². The van der Waals surface area contributed by atoms with Gasteiger partial charge in [-0.05, 0) is 25.9 Å². The van der Waals surface area contributed by atoms with Crippen LogP contribution in [0.25, 0.3) is 0 Å². The Hall–Kier alpha value is 0.220. The van der Waals surface area contributed by atoms with Gasteiger partial charge < -0.3 is 5.73 Å². The molecule has 2 N–H and O–H groups in total. The van der Waals surface area contributed by atoms with E-state index in [0.717, 1.165) is 50.4 Å². The molecular weight excluding hydrogens is 256 g/mol. The van der Waals surface area contributed by atoms with E-state index in [-0.39, 0.29) is 11.1 Å². The average molecular weight is 280 g/mol. The molecule has 0 bridgehead atoms. The summed E-state index contributed by atoms with van der Waals surface area (Å²) >= 11 is 1.75. The third kappa shape index (κ3) is 4.77. The lowest BCUT2D eigenvalue weighted by atomic mass is 10.2. The maximum atomic E-state index is 12.0. The second-order valence-electron chi connectivity index (χ2n) is 4.37. The van der Waals surface area contributed by atoms with Crippen molar-refractivity contribution in [3.05, 3.63) is 0 Å². The predicted molar refractivity (Wildman–Crippen MR) is 75.1 cm³/mol. The molecule has 1 atom stereocenters. The molecule has 1 rings (SSSR count). The van der Waals surface area contributed by atoms with Crippen molar-refractivity contribution in [2.45, 2.75) is 31.6 Å². The molecule has 17 heavy (non-hydrogen) atoms. The first-order chi connectivity index (χ1) is 8.11. The number of thioether (sulfide) groups is 1. The van der Waals surface area contributed by atoms with Crippen molar-refractivity contribution in [2.75, 3.05) is 36.9 Å². The minimum Gasteiger partial charge on any atom is -0.330 e. The highest BCUT2D eigenvalue weighted by Gasteiger charge is 2.32. The van der Waals surface area contributed by atoms with Gasteiger partial charge in [0.15, 0.2) is 9.84 Å². The van der Waals surface area contributed by atoms with Gasteiger partial charge in [0.25, 0.3) is 0 Å². The normalized spacial score (nSPS) is 22.8. The highest BCUT2D eigenvalue weighted by Crippen LogP contribution is 2.21. The standard InChI is InChI=1S/C11H24N2O2S2/c1-2-17(14,15)11-10-16-9-8-13(11)7-5-3-4-6-12/h11H,2-10,12H2,1H3. The van der Waals surface area contributed by atoms with Crippen LogP contribution in [0.15, 0.2) is 0 Å². The summed E-state index contributed by atoms with van der Waals surface area (Å²) in [7, 11) is -2.93. The lowest BCUT2D eigenvalue weighted by Gasteiger charge is -2.34. The molecule has 1 aliphatic rings. The number of hydrogen-bond donors (Lipinski definition) is 1. The fraction of sp³-hybridized carbons (Fsp3) is 1.00. The van der Waals surface area contributed by atoms with Gasteiger partial charge in [-0.25, -0.2) is 8.42 Å². The Morgan fingerprint density at radius 2 is 2.12 bits per heavy atom. The van der Waals surface area contributed by atoms with Crippen molar-refractivity contribution >= 4 is 21.6 Å². The summed E-state index contributed by atoms with van der Waals surface area (Å²) in [4.78, 5) is 2.14. The molecule has 1 saturated heterocycles. The first-order valence-corrected chi connectivity index (χ1v) is 9.22. The molecule has 0 saturated carbocycles. The zero-order chi connectivity index (χ0) is 12.7. The number of unbranched alkanes of at least 4 members (excludes halogenated alkanes) is 2. The quantitative estimate of drug-likeness (QED) is 0.703. The monoisotopic (exact) mass is 280 g/mol. The largest absolute Gasteiger partial charge is 0.330 e. The molecule has 1 aliphatic heterocycles. The van der Waals surface area contributed by atoms with Gasteiger partial charge in [-0.2, -0.15) is 11.8 Å². The molecule has 0 aromatic rings. The molecule has 0 spiro atoms. The van der Waals surface area contributed by atoms with Gasteiger partial charge in [0.1, 0.15) is 5.37 Å². The maximum absolute atomic E-state index is 12.0. The van der Waals surface area contributed by atoms with Gasteiger partial charge in [-0.15, -0.1) is 0 Å². The van der Waals surface area contributed by atoms with Gasteiger partial charge in [-0.1, -0.05) is 13.3 Å². The van der Waals surface area contributed by atoms with Crippen LogP contribution in [0.1, 0.15) is 26.2 Å². The number of nitrogens with zero attached hydrogens (tertiary/aromatic N) is 1. The van der Waals surface area contributed by atoms with Gasteiger partial charge in [0.05, 0.1) is 0 Å². The third-order valence-electron chi connectivity index (χ3n) is 3.16. The van der Waals surface area contributed by atoms with E-state index in [4.69, 9.17) is 5.73 Å². The fourth-order valence-electron chi connectivity index (χ4n) is 2.03. The van der Waals surface area contributed by atoms with E-state index in [9.17, 15) is 8.42 Å². The van der Waals surface area contributed by atoms with Crippen molar-refractivity contribution in [1.29, 1.82) is 0 Å². The highest BCUT2D eigenvalue weighted by molar-refractivity contribution is 8.01. The Bertz CT molecular complexity index is 307. The SMILES string of the molecule is CCS(=O)(=O)C1CSCCN1CCCCCN. The van der Waals surface area contributed by atoms with Crippen LogP contribution in [0.3, 0.4) is 0 Å². The van der Waals surface area contributed by atoms with E-state index < -0.39 is 9.84 Å². The molecule has 102 valence electrons. The van der Waals surface area contributed by atoms with Crippen LogP contribution in [0.5, 0.6) is 0 Å². The number of sulfone groups is 1. The van der Waals surface area contributed by atoms with Crippen molar-refractivity contribution in [3.8, 4) is 0 Å². The summed E-state index contributed by atoms with van der Waals surface area (Å²) in [5.41, 5.74) is 5.45. The summed E-state index contributed by atoms with van der Waals surface area (Å²) in [6.07, 6.45) is 3.18. The first-order valence-electron chi connectivity index (χ1n) is 6.35. The second-order valence-corrected chi connectivity index (χ2v) is 7.96. The molecule has 0 aliphatic carbocycles. The Kier molecular flexibility index (Phi) is 6.84. The number of rotatable bonds is 7. The van der Waals surface area contributed by atoms with Crippen molar-refractivity contribution in [1.82, 2.24) is 4.90 Å². The molecule has 0 aromatic heterocycles. The molecule has 6 heteroatoms. The van der Waals surface area contributed by atoms with Crippen LogP contribution in [0.2, 0.25) is 0 Å². The number of hydrogen-bond acceptors (Lipinski definition) is 5. The summed E-state index contributed by atoms with van der Waals surface area (Å²) in [5.74, 6) is 2.03. The van der Waals surface area contributed by atoms with Gasteiger partial charge in [0.2, 0.25) is 0 Å². The molecule has 0 aromatic carbocycles. The molecule has 1 heterocycles.